The molecule has 0 saturated heterocycles. The standard InChI is InChI=1S/C30H20F9N3O6/c31-28(32,33)12-21(46-15-43)5-18-1-3-40-24(8-18)26-10-20(7-23(48-17-45)14-30(37,38)39)11-27(42-26)25-9-19(2-4-41-25)6-22(47-16-44)13-29(34,35)36/h1-11,15-17H,12-14H2/b21-5+,22-6+,23-7+. The number of pyridine rings is 3. The molecule has 0 aromatic carbocycles. The highest BCUT2D eigenvalue weighted by Gasteiger charge is 2.32. The molecule has 0 aliphatic carbocycles. The highest BCUT2D eigenvalue weighted by Crippen LogP contribution is 2.31. The lowest BCUT2D eigenvalue weighted by molar-refractivity contribution is -0.141. The van der Waals surface area contributed by atoms with Crippen molar-refractivity contribution in [2.75, 3.05) is 0 Å². The zero-order chi connectivity index (χ0) is 35.5. The first-order valence-electron chi connectivity index (χ1n) is 13.0. The van der Waals surface area contributed by atoms with Crippen LogP contribution in [0.1, 0.15) is 36.0 Å². The van der Waals surface area contributed by atoms with Gasteiger partial charge in [0.15, 0.2) is 0 Å². The van der Waals surface area contributed by atoms with Gasteiger partial charge in [0.1, 0.15) is 36.5 Å². The average molecular weight is 689 g/mol. The molecule has 254 valence electrons. The van der Waals surface area contributed by atoms with Gasteiger partial charge in [-0.25, -0.2) is 4.98 Å². The normalized spacial score (nSPS) is 13.1. The molecule has 0 unspecified atom stereocenters. The van der Waals surface area contributed by atoms with Crippen molar-refractivity contribution >= 4 is 37.6 Å². The molecule has 0 atom stereocenters. The average Bonchev–Trinajstić information content (AvgIpc) is 2.95. The highest BCUT2D eigenvalue weighted by atomic mass is 19.4. The molecular formula is C30H20F9N3O6. The van der Waals surface area contributed by atoms with Crippen LogP contribution in [-0.2, 0) is 28.6 Å². The zero-order valence-corrected chi connectivity index (χ0v) is 23.9. The van der Waals surface area contributed by atoms with Crippen LogP contribution in [0.25, 0.3) is 41.0 Å². The van der Waals surface area contributed by atoms with E-state index in [1.54, 1.807) is 0 Å². The van der Waals surface area contributed by atoms with E-state index in [1.165, 1.54) is 36.4 Å². The van der Waals surface area contributed by atoms with Crippen LogP contribution < -0.4 is 0 Å². The lowest BCUT2D eigenvalue weighted by Crippen LogP contribution is -2.10. The molecule has 3 aromatic rings. The molecule has 18 heteroatoms. The first-order valence-corrected chi connectivity index (χ1v) is 13.0. The molecular weight excluding hydrogens is 669 g/mol. The van der Waals surface area contributed by atoms with Gasteiger partial charge >= 0.3 is 18.5 Å². The van der Waals surface area contributed by atoms with E-state index >= 15 is 0 Å². The van der Waals surface area contributed by atoms with Gasteiger partial charge in [-0.05, 0) is 71.3 Å². The van der Waals surface area contributed by atoms with Crippen molar-refractivity contribution in [3.8, 4) is 22.8 Å². The third kappa shape index (κ3) is 12.7. The van der Waals surface area contributed by atoms with Crippen LogP contribution in [0.3, 0.4) is 0 Å². The van der Waals surface area contributed by atoms with Gasteiger partial charge in [-0.1, -0.05) is 0 Å². The molecule has 3 rings (SSSR count). The smallest absolute Gasteiger partial charge is 0.396 e. The first kappa shape index (κ1) is 36.9. The van der Waals surface area contributed by atoms with E-state index < -0.39 is 55.1 Å². The summed E-state index contributed by atoms with van der Waals surface area (Å²) in [5.74, 6) is -2.36. The van der Waals surface area contributed by atoms with Gasteiger partial charge in [-0.2, -0.15) is 39.5 Å². The predicted octanol–water partition coefficient (Wildman–Crippen LogP) is 7.60. The van der Waals surface area contributed by atoms with Crippen LogP contribution in [-0.4, -0.2) is 52.9 Å². The van der Waals surface area contributed by atoms with Gasteiger partial charge in [-0.15, -0.1) is 0 Å². The minimum absolute atomic E-state index is 0.0464. The molecule has 0 spiro atoms. The van der Waals surface area contributed by atoms with E-state index in [4.69, 9.17) is 0 Å². The number of allylic oxidation sites excluding steroid dienone is 3. The molecule has 0 N–H and O–H groups in total. The second kappa shape index (κ2) is 15.8. The molecule has 3 heterocycles. The largest absolute Gasteiger partial charge is 0.433 e. The van der Waals surface area contributed by atoms with Crippen LogP contribution >= 0.6 is 0 Å². The second-order valence-corrected chi connectivity index (χ2v) is 9.47. The lowest BCUT2D eigenvalue weighted by atomic mass is 10.1. The fourth-order valence-corrected chi connectivity index (χ4v) is 3.97. The summed E-state index contributed by atoms with van der Waals surface area (Å²) in [5, 5.41) is 0. The lowest BCUT2D eigenvalue weighted by Gasteiger charge is -2.12. The summed E-state index contributed by atoms with van der Waals surface area (Å²) in [6.07, 6.45) is -14.2. The number of halogens is 9. The maximum Gasteiger partial charge on any atom is 0.396 e. The Morgan fingerprint density at radius 2 is 0.833 bits per heavy atom. The number of aromatic nitrogens is 3. The summed E-state index contributed by atoms with van der Waals surface area (Å²) in [6.45, 7) is -0.622. The van der Waals surface area contributed by atoms with E-state index in [0.717, 1.165) is 30.6 Å². The van der Waals surface area contributed by atoms with Crippen molar-refractivity contribution < 1.29 is 68.1 Å². The van der Waals surface area contributed by atoms with Crippen molar-refractivity contribution in [2.24, 2.45) is 0 Å². The summed E-state index contributed by atoms with van der Waals surface area (Å²) in [4.78, 5) is 45.0. The van der Waals surface area contributed by atoms with Gasteiger partial charge in [0.05, 0.1) is 22.8 Å². The quantitative estimate of drug-likeness (QED) is 0.0730. The van der Waals surface area contributed by atoms with Gasteiger partial charge in [0.2, 0.25) is 0 Å². The topological polar surface area (TPSA) is 118 Å². The maximum absolute atomic E-state index is 13.1. The summed E-state index contributed by atoms with van der Waals surface area (Å²) in [6, 6.07) is 7.35. The Balaban J connectivity index is 2.21. The van der Waals surface area contributed by atoms with Crippen molar-refractivity contribution in [2.45, 2.75) is 37.8 Å². The number of hydrogen-bond acceptors (Lipinski definition) is 9. The van der Waals surface area contributed by atoms with E-state index in [0.29, 0.717) is 0 Å². The number of carbonyl (C=O) groups is 3. The third-order valence-electron chi connectivity index (χ3n) is 5.65. The molecule has 0 fully saturated rings. The zero-order valence-electron chi connectivity index (χ0n) is 23.9. The van der Waals surface area contributed by atoms with Crippen LogP contribution in [0.4, 0.5) is 39.5 Å². The number of hydrogen-bond donors (Lipinski definition) is 0. The Morgan fingerprint density at radius 1 is 0.521 bits per heavy atom. The number of nitrogens with zero attached hydrogens (tertiary/aromatic N) is 3. The summed E-state index contributed by atoms with van der Waals surface area (Å²) in [7, 11) is 0. The molecule has 48 heavy (non-hydrogen) atoms. The Bertz CT molecular complexity index is 1610. The molecule has 0 saturated carbocycles. The fraction of sp³-hybridized carbons (Fsp3) is 0.200. The number of carbonyl (C=O) groups excluding carboxylic acids is 3. The summed E-state index contributed by atoms with van der Waals surface area (Å²) < 4.78 is 130. The molecule has 0 aliphatic heterocycles. The number of ether oxygens (including phenoxy) is 3. The van der Waals surface area contributed by atoms with Crippen molar-refractivity contribution in [3.63, 3.8) is 0 Å². The van der Waals surface area contributed by atoms with E-state index in [1.807, 2.05) is 0 Å². The summed E-state index contributed by atoms with van der Waals surface area (Å²) in [5.41, 5.74) is -0.251. The van der Waals surface area contributed by atoms with Crippen LogP contribution in [0.2, 0.25) is 0 Å². The number of alkyl halides is 9. The van der Waals surface area contributed by atoms with Gasteiger partial charge in [0, 0.05) is 12.4 Å². The van der Waals surface area contributed by atoms with Crippen LogP contribution in [0.15, 0.2) is 66.1 Å². The van der Waals surface area contributed by atoms with Gasteiger partial charge < -0.3 is 14.2 Å². The highest BCUT2D eigenvalue weighted by molar-refractivity contribution is 5.71. The fourth-order valence-electron chi connectivity index (χ4n) is 3.97. The summed E-state index contributed by atoms with van der Waals surface area (Å²) >= 11 is 0. The minimum atomic E-state index is -4.80. The Kier molecular flexibility index (Phi) is 12.2. The number of rotatable bonds is 14. The van der Waals surface area contributed by atoms with E-state index in [-0.39, 0.29) is 58.9 Å². The van der Waals surface area contributed by atoms with Crippen LogP contribution in [0.5, 0.6) is 0 Å². The van der Waals surface area contributed by atoms with E-state index in [9.17, 15) is 53.9 Å². The molecule has 0 amide bonds. The third-order valence-corrected chi connectivity index (χ3v) is 5.65. The molecule has 9 nitrogen and oxygen atoms in total. The van der Waals surface area contributed by atoms with Crippen molar-refractivity contribution in [3.05, 3.63) is 82.8 Å². The molecule has 3 aromatic heterocycles. The Morgan fingerprint density at radius 3 is 1.15 bits per heavy atom. The Hall–Kier alpha value is -5.55. The first-order chi connectivity index (χ1) is 22.5. The predicted molar refractivity (Wildman–Crippen MR) is 148 cm³/mol. The van der Waals surface area contributed by atoms with Gasteiger partial charge in [0.25, 0.3) is 19.4 Å². The maximum atomic E-state index is 13.1. The molecule has 0 radical (unpaired) electrons. The van der Waals surface area contributed by atoms with Crippen molar-refractivity contribution in [1.29, 1.82) is 0 Å². The van der Waals surface area contributed by atoms with E-state index in [2.05, 4.69) is 29.2 Å². The monoisotopic (exact) mass is 689 g/mol. The molecule has 0 aliphatic rings. The minimum Gasteiger partial charge on any atom is -0.433 e. The molecule has 0 bridgehead atoms. The second-order valence-electron chi connectivity index (χ2n) is 9.47. The van der Waals surface area contributed by atoms with Gasteiger partial charge in [-0.3, -0.25) is 24.4 Å². The van der Waals surface area contributed by atoms with Crippen molar-refractivity contribution in [1.82, 2.24) is 15.0 Å². The van der Waals surface area contributed by atoms with Crippen LogP contribution in [0, 0.1) is 0 Å². The Labute approximate surface area is 264 Å². The SMILES string of the molecule is O=CO/C(=C/c1ccnc(-c2cc(/C=C(\CC(F)(F)F)OC=O)cc(-c3cc(/C=C(\CC(F)(F)F)OC=O)ccn3)n2)c1)CC(F)(F)F.